The number of anilines is 1. The van der Waals surface area contributed by atoms with Gasteiger partial charge in [0.25, 0.3) is 5.69 Å². The first-order valence-corrected chi connectivity index (χ1v) is 6.98. The highest BCUT2D eigenvalue weighted by atomic mass is 32.2. The van der Waals surface area contributed by atoms with Gasteiger partial charge in [0, 0.05) is 24.9 Å². The molecule has 0 saturated heterocycles. The predicted molar refractivity (Wildman–Crippen MR) is 69.2 cm³/mol. The summed E-state index contributed by atoms with van der Waals surface area (Å²) >= 11 is 0. The van der Waals surface area contributed by atoms with Crippen molar-refractivity contribution in [3.05, 3.63) is 28.3 Å². The van der Waals surface area contributed by atoms with Crippen molar-refractivity contribution < 1.29 is 18.1 Å². The molecular formula is C10H15N3O5S. The molecule has 0 bridgehead atoms. The molecule has 8 nitrogen and oxygen atoms in total. The van der Waals surface area contributed by atoms with Gasteiger partial charge in [0.2, 0.25) is 10.0 Å². The van der Waals surface area contributed by atoms with E-state index in [4.69, 9.17) is 10.5 Å². The van der Waals surface area contributed by atoms with Crippen LogP contribution >= 0.6 is 0 Å². The van der Waals surface area contributed by atoms with Gasteiger partial charge in [0.15, 0.2) is 4.90 Å². The molecule has 0 fully saturated rings. The van der Waals surface area contributed by atoms with Crippen LogP contribution in [0.4, 0.5) is 11.4 Å². The van der Waals surface area contributed by atoms with Crippen molar-refractivity contribution in [3.63, 3.8) is 0 Å². The van der Waals surface area contributed by atoms with E-state index < -0.39 is 25.5 Å². The van der Waals surface area contributed by atoms with E-state index in [9.17, 15) is 18.5 Å². The molecule has 0 aliphatic carbocycles. The second-order valence-electron chi connectivity index (χ2n) is 3.58. The number of hydrogen-bond acceptors (Lipinski definition) is 6. The van der Waals surface area contributed by atoms with E-state index in [1.54, 1.807) is 6.92 Å². The van der Waals surface area contributed by atoms with Crippen LogP contribution in [0.25, 0.3) is 0 Å². The number of hydrogen-bond donors (Lipinski definition) is 2. The van der Waals surface area contributed by atoms with Crippen molar-refractivity contribution in [2.24, 2.45) is 0 Å². The van der Waals surface area contributed by atoms with Crippen LogP contribution in [0.5, 0.6) is 0 Å². The number of nitrogens with two attached hydrogens (primary N) is 1. The number of nitrogens with zero attached hydrogens (tertiary/aromatic N) is 1. The second kappa shape index (κ2) is 6.45. The van der Waals surface area contributed by atoms with Gasteiger partial charge < -0.3 is 10.5 Å². The Morgan fingerprint density at radius 1 is 1.47 bits per heavy atom. The van der Waals surface area contributed by atoms with Crippen LogP contribution in [0.3, 0.4) is 0 Å². The molecule has 1 rings (SSSR count). The zero-order valence-corrected chi connectivity index (χ0v) is 11.1. The fourth-order valence-corrected chi connectivity index (χ4v) is 2.54. The first-order valence-electron chi connectivity index (χ1n) is 5.50. The third kappa shape index (κ3) is 4.16. The summed E-state index contributed by atoms with van der Waals surface area (Å²) in [5, 5.41) is 10.8. The highest BCUT2D eigenvalue weighted by Gasteiger charge is 2.25. The van der Waals surface area contributed by atoms with E-state index in [0.717, 1.165) is 12.1 Å². The zero-order chi connectivity index (χ0) is 14.5. The van der Waals surface area contributed by atoms with E-state index in [-0.39, 0.29) is 18.8 Å². The molecule has 0 spiro atoms. The number of benzene rings is 1. The third-order valence-electron chi connectivity index (χ3n) is 2.21. The van der Waals surface area contributed by atoms with Gasteiger partial charge >= 0.3 is 0 Å². The molecule has 0 heterocycles. The molecule has 106 valence electrons. The van der Waals surface area contributed by atoms with Gasteiger partial charge in [-0.15, -0.1) is 0 Å². The van der Waals surface area contributed by atoms with Crippen molar-refractivity contribution >= 4 is 21.4 Å². The Morgan fingerprint density at radius 3 is 2.74 bits per heavy atom. The van der Waals surface area contributed by atoms with Crippen LogP contribution in [0, 0.1) is 10.1 Å². The maximum atomic E-state index is 11.9. The number of nitro groups is 1. The van der Waals surface area contributed by atoms with Crippen LogP contribution in [-0.4, -0.2) is 33.1 Å². The lowest BCUT2D eigenvalue weighted by Gasteiger charge is -2.07. The van der Waals surface area contributed by atoms with Gasteiger partial charge in [-0.05, 0) is 19.1 Å². The van der Waals surface area contributed by atoms with Crippen molar-refractivity contribution in [1.29, 1.82) is 0 Å². The fourth-order valence-electron chi connectivity index (χ4n) is 1.37. The maximum absolute atomic E-state index is 11.9. The standard InChI is InChI=1S/C10H15N3O5S/c1-2-18-6-5-12-19(16,17)10-4-3-8(11)7-9(10)13(14)15/h3-4,7,12H,2,5-6,11H2,1H3. The fraction of sp³-hybridized carbons (Fsp3) is 0.400. The smallest absolute Gasteiger partial charge is 0.291 e. The zero-order valence-electron chi connectivity index (χ0n) is 10.3. The van der Waals surface area contributed by atoms with Crippen molar-refractivity contribution in [2.75, 3.05) is 25.5 Å². The van der Waals surface area contributed by atoms with E-state index in [2.05, 4.69) is 4.72 Å². The summed E-state index contributed by atoms with van der Waals surface area (Å²) < 4.78 is 31.0. The number of sulfonamides is 1. The Kier molecular flexibility index (Phi) is 5.21. The van der Waals surface area contributed by atoms with Gasteiger partial charge in [-0.25, -0.2) is 13.1 Å². The van der Waals surface area contributed by atoms with Gasteiger partial charge in [0.1, 0.15) is 0 Å². The normalized spacial score (nSPS) is 11.4. The summed E-state index contributed by atoms with van der Waals surface area (Å²) in [7, 11) is -3.96. The SMILES string of the molecule is CCOCCNS(=O)(=O)c1ccc(N)cc1[N+](=O)[O-]. The number of nitro benzene ring substituents is 1. The Hall–Kier alpha value is -1.71. The van der Waals surface area contributed by atoms with E-state index in [0.29, 0.717) is 6.61 Å². The van der Waals surface area contributed by atoms with Crippen LogP contribution in [-0.2, 0) is 14.8 Å². The summed E-state index contributed by atoms with van der Waals surface area (Å²) in [6.07, 6.45) is 0. The molecule has 0 aliphatic heterocycles. The highest BCUT2D eigenvalue weighted by Crippen LogP contribution is 2.25. The lowest BCUT2D eigenvalue weighted by molar-refractivity contribution is -0.387. The summed E-state index contributed by atoms with van der Waals surface area (Å²) in [5.41, 5.74) is 4.98. The Bertz CT molecular complexity index is 558. The molecule has 1 aromatic carbocycles. The van der Waals surface area contributed by atoms with Gasteiger partial charge in [0.05, 0.1) is 11.5 Å². The quantitative estimate of drug-likeness (QED) is 0.326. The molecule has 0 aliphatic rings. The average Bonchev–Trinajstić information content (AvgIpc) is 2.34. The van der Waals surface area contributed by atoms with Crippen LogP contribution in [0.1, 0.15) is 6.92 Å². The van der Waals surface area contributed by atoms with Crippen molar-refractivity contribution in [1.82, 2.24) is 4.72 Å². The Morgan fingerprint density at radius 2 is 2.16 bits per heavy atom. The van der Waals surface area contributed by atoms with Gasteiger partial charge in [-0.1, -0.05) is 0 Å². The first kappa shape index (κ1) is 15.3. The Labute approximate surface area is 110 Å². The molecule has 3 N–H and O–H groups in total. The number of ether oxygens (including phenoxy) is 1. The maximum Gasteiger partial charge on any atom is 0.291 e. The van der Waals surface area contributed by atoms with E-state index in [1.807, 2.05) is 0 Å². The largest absolute Gasteiger partial charge is 0.399 e. The molecule has 0 atom stereocenters. The first-order chi connectivity index (χ1) is 8.88. The highest BCUT2D eigenvalue weighted by molar-refractivity contribution is 7.89. The molecule has 0 unspecified atom stereocenters. The van der Waals surface area contributed by atoms with Crippen LogP contribution < -0.4 is 10.5 Å². The lowest BCUT2D eigenvalue weighted by atomic mass is 10.3. The minimum Gasteiger partial charge on any atom is -0.399 e. The molecule has 0 saturated carbocycles. The number of nitrogen functional groups attached to an aromatic ring is 1. The number of nitrogens with one attached hydrogen (secondary N) is 1. The predicted octanol–water partition coefficient (Wildman–Crippen LogP) is 0.492. The topological polar surface area (TPSA) is 125 Å². The average molecular weight is 289 g/mol. The van der Waals surface area contributed by atoms with Crippen LogP contribution in [0.15, 0.2) is 23.1 Å². The second-order valence-corrected chi connectivity index (χ2v) is 5.31. The van der Waals surface area contributed by atoms with Gasteiger partial charge in [-0.2, -0.15) is 0 Å². The molecule has 0 radical (unpaired) electrons. The number of rotatable bonds is 7. The molecule has 9 heteroatoms. The van der Waals surface area contributed by atoms with Crippen molar-refractivity contribution in [2.45, 2.75) is 11.8 Å². The van der Waals surface area contributed by atoms with Gasteiger partial charge in [-0.3, -0.25) is 10.1 Å². The monoisotopic (exact) mass is 289 g/mol. The molecule has 0 aromatic heterocycles. The summed E-state index contributed by atoms with van der Waals surface area (Å²) in [5.74, 6) is 0. The minimum absolute atomic E-state index is 0.0394. The molecule has 1 aromatic rings. The molecule has 0 amide bonds. The summed E-state index contributed by atoms with van der Waals surface area (Å²) in [6.45, 7) is 2.47. The van der Waals surface area contributed by atoms with E-state index >= 15 is 0 Å². The van der Waals surface area contributed by atoms with Crippen molar-refractivity contribution in [3.8, 4) is 0 Å². The lowest BCUT2D eigenvalue weighted by Crippen LogP contribution is -2.28. The summed E-state index contributed by atoms with van der Waals surface area (Å²) in [6, 6.07) is 3.41. The minimum atomic E-state index is -3.96. The molecule has 19 heavy (non-hydrogen) atoms. The summed E-state index contributed by atoms with van der Waals surface area (Å²) in [4.78, 5) is 9.63. The van der Waals surface area contributed by atoms with Crippen LogP contribution in [0.2, 0.25) is 0 Å². The molecular weight excluding hydrogens is 274 g/mol. The Balaban J connectivity index is 2.98. The third-order valence-corrected chi connectivity index (χ3v) is 3.72. The van der Waals surface area contributed by atoms with E-state index in [1.165, 1.54) is 6.07 Å².